The van der Waals surface area contributed by atoms with Crippen molar-refractivity contribution in [1.29, 1.82) is 0 Å². The third kappa shape index (κ3) is 5.08. The van der Waals surface area contributed by atoms with E-state index in [1.807, 2.05) is 26.0 Å². The number of carbonyl (C=O) groups is 1. The number of ketones is 1. The third-order valence-electron chi connectivity index (χ3n) is 2.61. The molecule has 6 heteroatoms. The van der Waals surface area contributed by atoms with Gasteiger partial charge in [0.25, 0.3) is 0 Å². The fourth-order valence-electron chi connectivity index (χ4n) is 1.60. The number of Topliss-reactive ketones (excluding diaryl/α,β-unsaturated/α-hetero) is 1. The van der Waals surface area contributed by atoms with E-state index in [1.54, 1.807) is 12.1 Å². The quantitative estimate of drug-likeness (QED) is 0.639. The van der Waals surface area contributed by atoms with Crippen molar-refractivity contribution in [3.8, 4) is 0 Å². The van der Waals surface area contributed by atoms with E-state index >= 15 is 0 Å². The first-order valence-electron chi connectivity index (χ1n) is 5.83. The highest BCUT2D eigenvalue weighted by Gasteiger charge is 2.19. The maximum atomic E-state index is 11.9. The molecule has 0 aliphatic carbocycles. The lowest BCUT2D eigenvalue weighted by molar-refractivity contribution is 0.102. The second-order valence-corrected chi connectivity index (χ2v) is 7.29. The van der Waals surface area contributed by atoms with Gasteiger partial charge in [-0.25, -0.2) is 8.42 Å². The molecule has 0 spiro atoms. The van der Waals surface area contributed by atoms with E-state index in [4.69, 9.17) is 5.73 Å². The van der Waals surface area contributed by atoms with Crippen LogP contribution in [-0.2, 0) is 9.84 Å². The minimum Gasteiger partial charge on any atom is -0.392 e. The van der Waals surface area contributed by atoms with Crippen molar-refractivity contribution >= 4 is 32.8 Å². The topological polar surface area (TPSA) is 77.2 Å². The number of carbonyl (C=O) groups excluding carboxylic acids is 1. The lowest BCUT2D eigenvalue weighted by Crippen LogP contribution is -2.26. The van der Waals surface area contributed by atoms with Crippen LogP contribution < -0.4 is 5.73 Å². The zero-order valence-corrected chi connectivity index (χ0v) is 12.6. The first-order chi connectivity index (χ1) is 8.71. The van der Waals surface area contributed by atoms with Gasteiger partial charge in [0.2, 0.25) is 0 Å². The Hall–Kier alpha value is -1.27. The van der Waals surface area contributed by atoms with Crippen molar-refractivity contribution in [3.05, 3.63) is 35.4 Å². The van der Waals surface area contributed by atoms with E-state index in [2.05, 4.69) is 12.2 Å². The van der Waals surface area contributed by atoms with Crippen LogP contribution in [0.4, 0.5) is 0 Å². The number of hydrogen-bond donors (Lipinski definition) is 1. The van der Waals surface area contributed by atoms with Crippen LogP contribution in [0.2, 0.25) is 0 Å². The van der Waals surface area contributed by atoms with E-state index in [9.17, 15) is 13.2 Å². The van der Waals surface area contributed by atoms with Crippen molar-refractivity contribution in [2.24, 2.45) is 5.73 Å². The number of nitrogens with two attached hydrogens (primary N) is 1. The molecule has 1 aromatic rings. The molecule has 0 amide bonds. The van der Waals surface area contributed by atoms with Crippen LogP contribution in [0, 0.1) is 0 Å². The molecular formula is C13H17NO3S2. The van der Waals surface area contributed by atoms with E-state index in [0.717, 1.165) is 5.56 Å². The Bertz CT molecular complexity index is 574. The summed E-state index contributed by atoms with van der Waals surface area (Å²) in [5.74, 6) is -1.07. The van der Waals surface area contributed by atoms with Crippen LogP contribution in [0.25, 0.3) is 0 Å². The third-order valence-corrected chi connectivity index (χ3v) is 4.39. The standard InChI is InChI=1S/C13H17NO3S2/c1-9(2)10-3-5-11(6-4-10)12(15)7-19(16,17)8-13(14)18/h3-6,9H,7-8H2,1-2H3,(H2,14,18). The Labute approximate surface area is 118 Å². The van der Waals surface area contributed by atoms with Crippen LogP contribution in [0.15, 0.2) is 24.3 Å². The van der Waals surface area contributed by atoms with E-state index < -0.39 is 27.1 Å². The molecule has 0 radical (unpaired) electrons. The number of benzene rings is 1. The molecule has 0 atom stereocenters. The highest BCUT2D eigenvalue weighted by Crippen LogP contribution is 2.15. The highest BCUT2D eigenvalue weighted by molar-refractivity contribution is 7.94. The molecule has 0 saturated heterocycles. The molecular weight excluding hydrogens is 282 g/mol. The van der Waals surface area contributed by atoms with Gasteiger partial charge in [-0.05, 0) is 11.5 Å². The zero-order valence-electron chi connectivity index (χ0n) is 10.9. The molecule has 0 bridgehead atoms. The Balaban J connectivity index is 2.81. The summed E-state index contributed by atoms with van der Waals surface area (Å²) in [6.45, 7) is 4.09. The highest BCUT2D eigenvalue weighted by atomic mass is 32.2. The average Bonchev–Trinajstić information content (AvgIpc) is 2.26. The van der Waals surface area contributed by atoms with Crippen molar-refractivity contribution in [3.63, 3.8) is 0 Å². The summed E-state index contributed by atoms with van der Waals surface area (Å²) < 4.78 is 23.2. The fourth-order valence-corrected chi connectivity index (χ4v) is 3.25. The molecule has 0 unspecified atom stereocenters. The molecule has 0 aliphatic heterocycles. The van der Waals surface area contributed by atoms with Gasteiger partial charge in [0, 0.05) is 5.56 Å². The van der Waals surface area contributed by atoms with Gasteiger partial charge in [-0.2, -0.15) is 0 Å². The van der Waals surface area contributed by atoms with Crippen molar-refractivity contribution in [1.82, 2.24) is 0 Å². The van der Waals surface area contributed by atoms with Gasteiger partial charge in [-0.3, -0.25) is 4.79 Å². The summed E-state index contributed by atoms with van der Waals surface area (Å²) in [5, 5.41) is 0. The maximum Gasteiger partial charge on any atom is 0.177 e. The minimum atomic E-state index is -3.57. The van der Waals surface area contributed by atoms with E-state index in [-0.39, 0.29) is 4.99 Å². The Kier molecular flexibility index (Phi) is 5.20. The number of hydrogen-bond acceptors (Lipinski definition) is 4. The smallest absolute Gasteiger partial charge is 0.177 e. The molecule has 1 aromatic carbocycles. The molecule has 0 aromatic heterocycles. The molecule has 0 saturated carbocycles. The van der Waals surface area contributed by atoms with Crippen LogP contribution in [-0.4, -0.2) is 30.7 Å². The summed E-state index contributed by atoms with van der Waals surface area (Å²) in [6, 6.07) is 6.96. The van der Waals surface area contributed by atoms with Crippen molar-refractivity contribution in [2.75, 3.05) is 11.5 Å². The lowest BCUT2D eigenvalue weighted by atomic mass is 10.0. The SMILES string of the molecule is CC(C)c1ccc(C(=O)CS(=O)(=O)CC(N)=S)cc1. The van der Waals surface area contributed by atoms with E-state index in [0.29, 0.717) is 11.5 Å². The fraction of sp³-hybridized carbons (Fsp3) is 0.385. The normalized spacial score (nSPS) is 11.5. The van der Waals surface area contributed by atoms with Crippen LogP contribution in [0.5, 0.6) is 0 Å². The number of thiocarbonyl (C=S) groups is 1. The first kappa shape index (κ1) is 15.8. The molecule has 4 nitrogen and oxygen atoms in total. The number of sulfone groups is 1. The van der Waals surface area contributed by atoms with Crippen LogP contribution in [0.1, 0.15) is 35.7 Å². The van der Waals surface area contributed by atoms with Gasteiger partial charge in [0.1, 0.15) is 11.5 Å². The van der Waals surface area contributed by atoms with Gasteiger partial charge < -0.3 is 5.73 Å². The van der Waals surface area contributed by atoms with E-state index in [1.165, 1.54) is 0 Å². The van der Waals surface area contributed by atoms with Crippen LogP contribution >= 0.6 is 12.2 Å². The summed E-state index contributed by atoms with van der Waals surface area (Å²) >= 11 is 4.55. The molecule has 0 aliphatic rings. The first-order valence-corrected chi connectivity index (χ1v) is 8.06. The molecule has 0 heterocycles. The zero-order chi connectivity index (χ0) is 14.6. The Morgan fingerprint density at radius 1 is 1.21 bits per heavy atom. The van der Waals surface area contributed by atoms with Gasteiger partial charge in [0.05, 0.1) is 4.99 Å². The average molecular weight is 299 g/mol. The van der Waals surface area contributed by atoms with Crippen molar-refractivity contribution in [2.45, 2.75) is 19.8 Å². The van der Waals surface area contributed by atoms with Crippen LogP contribution in [0.3, 0.4) is 0 Å². The number of rotatable bonds is 6. The predicted molar refractivity (Wildman–Crippen MR) is 80.3 cm³/mol. The van der Waals surface area contributed by atoms with Crippen molar-refractivity contribution < 1.29 is 13.2 Å². The molecule has 19 heavy (non-hydrogen) atoms. The van der Waals surface area contributed by atoms with Gasteiger partial charge >= 0.3 is 0 Å². The molecule has 1 rings (SSSR count). The lowest BCUT2D eigenvalue weighted by Gasteiger charge is -2.07. The summed E-state index contributed by atoms with van der Waals surface area (Å²) in [5.41, 5.74) is 6.67. The Morgan fingerprint density at radius 2 is 1.74 bits per heavy atom. The predicted octanol–water partition coefficient (Wildman–Crippen LogP) is 1.69. The summed E-state index contributed by atoms with van der Waals surface area (Å²) in [4.78, 5) is 11.7. The molecule has 2 N–H and O–H groups in total. The second kappa shape index (κ2) is 6.25. The summed E-state index contributed by atoms with van der Waals surface area (Å²) in [6.07, 6.45) is 0. The molecule has 0 fully saturated rings. The second-order valence-electron chi connectivity index (χ2n) is 4.70. The largest absolute Gasteiger partial charge is 0.392 e. The minimum absolute atomic E-state index is 0.122. The van der Waals surface area contributed by atoms with Gasteiger partial charge in [-0.1, -0.05) is 50.3 Å². The van der Waals surface area contributed by atoms with Gasteiger partial charge in [-0.15, -0.1) is 0 Å². The maximum absolute atomic E-state index is 11.9. The Morgan fingerprint density at radius 3 is 2.16 bits per heavy atom. The monoisotopic (exact) mass is 299 g/mol. The summed E-state index contributed by atoms with van der Waals surface area (Å²) in [7, 11) is -3.57. The van der Waals surface area contributed by atoms with Gasteiger partial charge in [0.15, 0.2) is 15.6 Å². The molecule has 104 valence electrons.